The van der Waals surface area contributed by atoms with Gasteiger partial charge in [0.25, 0.3) is 0 Å². The molecule has 0 N–H and O–H groups in total. The van der Waals surface area contributed by atoms with Gasteiger partial charge in [-0.25, -0.2) is 4.39 Å². The molecule has 0 aromatic heterocycles. The van der Waals surface area contributed by atoms with Crippen molar-refractivity contribution in [3.63, 3.8) is 0 Å². The molecule has 4 saturated carbocycles. The SMILES string of the molecule is CC1(C)C(=O)N(C2C3CC4CC(C3)CC2C4)C1c1cccc(F)c1Cl. The zero-order chi connectivity index (χ0) is 17.5. The van der Waals surface area contributed by atoms with Gasteiger partial charge in [0.1, 0.15) is 5.82 Å². The van der Waals surface area contributed by atoms with Gasteiger partial charge in [0, 0.05) is 6.04 Å². The van der Waals surface area contributed by atoms with E-state index >= 15 is 0 Å². The number of rotatable bonds is 2. The number of hydrogen-bond donors (Lipinski definition) is 0. The lowest BCUT2D eigenvalue weighted by Gasteiger charge is -2.64. The summed E-state index contributed by atoms with van der Waals surface area (Å²) in [6.07, 6.45) is 6.48. The Hall–Kier alpha value is -1.09. The molecule has 1 atom stereocenters. The van der Waals surface area contributed by atoms with Crippen molar-refractivity contribution in [3.8, 4) is 0 Å². The summed E-state index contributed by atoms with van der Waals surface area (Å²) in [7, 11) is 0. The molecule has 1 amide bonds. The average molecular weight is 362 g/mol. The maximum Gasteiger partial charge on any atom is 0.231 e. The van der Waals surface area contributed by atoms with Crippen molar-refractivity contribution in [2.45, 2.75) is 58.0 Å². The monoisotopic (exact) mass is 361 g/mol. The fourth-order valence-corrected chi connectivity index (χ4v) is 7.01. The van der Waals surface area contributed by atoms with Crippen LogP contribution in [-0.4, -0.2) is 16.8 Å². The smallest absolute Gasteiger partial charge is 0.231 e. The summed E-state index contributed by atoms with van der Waals surface area (Å²) in [5.74, 6) is 2.84. The van der Waals surface area contributed by atoms with Crippen molar-refractivity contribution >= 4 is 17.5 Å². The minimum Gasteiger partial charge on any atom is -0.330 e. The minimum atomic E-state index is -0.508. The van der Waals surface area contributed by atoms with E-state index in [4.69, 9.17) is 11.6 Å². The van der Waals surface area contributed by atoms with Gasteiger partial charge in [0.05, 0.1) is 16.5 Å². The Labute approximate surface area is 153 Å². The Morgan fingerprint density at radius 3 is 2.28 bits per heavy atom. The standard InChI is InChI=1S/C21H25ClFNO/c1-21(2)19(15-4-3-5-16(23)17(15)22)24(20(21)25)18-13-7-11-6-12(9-13)10-14(18)8-11/h3-5,11-14,18-19H,6-10H2,1-2H3. The van der Waals surface area contributed by atoms with Crippen LogP contribution in [0.3, 0.4) is 0 Å². The quantitative estimate of drug-likeness (QED) is 0.662. The van der Waals surface area contributed by atoms with Crippen LogP contribution in [0, 0.1) is 34.9 Å². The highest BCUT2D eigenvalue weighted by molar-refractivity contribution is 6.31. The van der Waals surface area contributed by atoms with Crippen molar-refractivity contribution in [3.05, 3.63) is 34.6 Å². The second kappa shape index (κ2) is 5.22. The third-order valence-electron chi connectivity index (χ3n) is 7.52. The van der Waals surface area contributed by atoms with Gasteiger partial charge < -0.3 is 4.90 Å². The molecule has 1 saturated heterocycles. The van der Waals surface area contributed by atoms with Crippen molar-refractivity contribution in [2.75, 3.05) is 0 Å². The number of halogens is 2. The summed E-state index contributed by atoms with van der Waals surface area (Å²) in [5.41, 5.74) is 0.270. The highest BCUT2D eigenvalue weighted by atomic mass is 35.5. The average Bonchev–Trinajstić information content (AvgIpc) is 2.56. The molecule has 5 aliphatic rings. The molecule has 4 aliphatic carbocycles. The molecule has 134 valence electrons. The first-order chi connectivity index (χ1) is 11.9. The molecule has 5 fully saturated rings. The molecule has 1 aromatic rings. The highest BCUT2D eigenvalue weighted by Crippen LogP contribution is 2.61. The maximum atomic E-state index is 14.1. The molecule has 1 unspecified atom stereocenters. The van der Waals surface area contributed by atoms with E-state index in [0.29, 0.717) is 17.9 Å². The van der Waals surface area contributed by atoms with E-state index < -0.39 is 5.41 Å². The Bertz CT molecular complexity index is 717. The van der Waals surface area contributed by atoms with Gasteiger partial charge in [0.2, 0.25) is 5.91 Å². The first-order valence-corrected chi connectivity index (χ1v) is 10.0. The second-order valence-corrected chi connectivity index (χ2v) is 9.78. The first-order valence-electron chi connectivity index (χ1n) is 9.64. The topological polar surface area (TPSA) is 20.3 Å². The summed E-state index contributed by atoms with van der Waals surface area (Å²) in [4.78, 5) is 15.2. The fourth-order valence-electron chi connectivity index (χ4n) is 6.78. The van der Waals surface area contributed by atoms with Gasteiger partial charge in [-0.3, -0.25) is 4.79 Å². The summed E-state index contributed by atoms with van der Waals surface area (Å²) in [5, 5.41) is 0.182. The van der Waals surface area contributed by atoms with E-state index in [2.05, 4.69) is 4.90 Å². The predicted octanol–water partition coefficient (Wildman–Crippen LogP) is 5.21. The van der Waals surface area contributed by atoms with E-state index in [-0.39, 0.29) is 22.8 Å². The lowest BCUT2D eigenvalue weighted by atomic mass is 9.52. The third-order valence-corrected chi connectivity index (χ3v) is 7.92. The number of carbonyl (C=O) groups is 1. The predicted molar refractivity (Wildman–Crippen MR) is 95.6 cm³/mol. The normalized spacial score (nSPS) is 41.1. The van der Waals surface area contributed by atoms with Crippen LogP contribution < -0.4 is 0 Å². The van der Waals surface area contributed by atoms with E-state index in [1.807, 2.05) is 19.9 Å². The van der Waals surface area contributed by atoms with Crippen molar-refractivity contribution in [2.24, 2.45) is 29.1 Å². The van der Waals surface area contributed by atoms with Gasteiger partial charge in [-0.2, -0.15) is 0 Å². The molecule has 6 rings (SSSR count). The third kappa shape index (κ3) is 2.11. The molecule has 4 bridgehead atoms. The fraction of sp³-hybridized carbons (Fsp3) is 0.667. The van der Waals surface area contributed by atoms with Crippen LogP contribution in [0.2, 0.25) is 5.02 Å². The Balaban J connectivity index is 1.54. The summed E-state index contributed by atoms with van der Waals surface area (Å²) < 4.78 is 14.1. The van der Waals surface area contributed by atoms with E-state index in [9.17, 15) is 9.18 Å². The Morgan fingerprint density at radius 2 is 1.68 bits per heavy atom. The number of benzene rings is 1. The zero-order valence-corrected chi connectivity index (χ0v) is 15.6. The molecular weight excluding hydrogens is 337 g/mol. The zero-order valence-electron chi connectivity index (χ0n) is 14.8. The molecule has 1 aromatic carbocycles. The molecule has 4 heteroatoms. The number of β-lactam (4-membered cyclic amide) rings is 1. The Kier molecular flexibility index (Phi) is 3.36. The van der Waals surface area contributed by atoms with Crippen LogP contribution in [0.15, 0.2) is 18.2 Å². The summed E-state index contributed by atoms with van der Waals surface area (Å²) in [6.45, 7) is 3.96. The van der Waals surface area contributed by atoms with Crippen LogP contribution in [-0.2, 0) is 4.79 Å². The van der Waals surface area contributed by atoms with Crippen LogP contribution in [0.4, 0.5) is 4.39 Å². The minimum absolute atomic E-state index is 0.106. The lowest BCUT2D eigenvalue weighted by Crippen LogP contribution is -2.69. The van der Waals surface area contributed by atoms with E-state index in [1.165, 1.54) is 38.2 Å². The van der Waals surface area contributed by atoms with Gasteiger partial charge in [-0.1, -0.05) is 23.7 Å². The molecule has 0 spiro atoms. The van der Waals surface area contributed by atoms with Gasteiger partial charge in [0.15, 0.2) is 0 Å². The Morgan fingerprint density at radius 1 is 1.08 bits per heavy atom. The van der Waals surface area contributed by atoms with Crippen molar-refractivity contribution in [1.29, 1.82) is 0 Å². The number of hydrogen-bond acceptors (Lipinski definition) is 1. The maximum absolute atomic E-state index is 14.1. The number of amides is 1. The van der Waals surface area contributed by atoms with Crippen LogP contribution in [0.5, 0.6) is 0 Å². The largest absolute Gasteiger partial charge is 0.330 e. The second-order valence-electron chi connectivity index (χ2n) is 9.40. The van der Waals surface area contributed by atoms with E-state index in [0.717, 1.165) is 17.4 Å². The van der Waals surface area contributed by atoms with E-state index in [1.54, 1.807) is 6.07 Å². The van der Waals surface area contributed by atoms with Gasteiger partial charge in [-0.05, 0) is 81.3 Å². The molecule has 25 heavy (non-hydrogen) atoms. The number of carbonyl (C=O) groups excluding carboxylic acids is 1. The number of nitrogens with zero attached hydrogens (tertiary/aromatic N) is 1. The first kappa shape index (κ1) is 16.1. The van der Waals surface area contributed by atoms with Crippen molar-refractivity contribution < 1.29 is 9.18 Å². The summed E-state index contributed by atoms with van der Waals surface area (Å²) in [6, 6.07) is 5.23. The van der Waals surface area contributed by atoms with Crippen LogP contribution in [0.25, 0.3) is 0 Å². The number of likely N-dealkylation sites (tertiary alicyclic amines) is 1. The van der Waals surface area contributed by atoms with Crippen LogP contribution in [0.1, 0.15) is 57.6 Å². The summed E-state index contributed by atoms with van der Waals surface area (Å²) >= 11 is 6.32. The molecule has 0 radical (unpaired) electrons. The molecule has 1 aliphatic heterocycles. The molecular formula is C21H25ClFNO. The lowest BCUT2D eigenvalue weighted by molar-refractivity contribution is -0.191. The van der Waals surface area contributed by atoms with Gasteiger partial charge >= 0.3 is 0 Å². The van der Waals surface area contributed by atoms with Gasteiger partial charge in [-0.15, -0.1) is 0 Å². The molecule has 1 heterocycles. The van der Waals surface area contributed by atoms with Crippen molar-refractivity contribution in [1.82, 2.24) is 4.90 Å². The highest BCUT2D eigenvalue weighted by Gasteiger charge is 2.62. The van der Waals surface area contributed by atoms with Crippen LogP contribution >= 0.6 is 11.6 Å². The molecule has 2 nitrogen and oxygen atoms in total.